The minimum absolute atomic E-state index is 0.631. The number of rotatable bonds is 5. The summed E-state index contributed by atoms with van der Waals surface area (Å²) in [6, 6.07) is 17.8. The van der Waals surface area contributed by atoms with Crippen molar-refractivity contribution in [3.05, 3.63) is 66.6 Å². The average molecular weight is 348 g/mol. The number of hydrogen-bond donors (Lipinski definition) is 1. The van der Waals surface area contributed by atoms with Crippen molar-refractivity contribution in [3.63, 3.8) is 0 Å². The van der Waals surface area contributed by atoms with Gasteiger partial charge in [-0.1, -0.05) is 42.1 Å². The van der Waals surface area contributed by atoms with Crippen LogP contribution in [0, 0.1) is 0 Å². The van der Waals surface area contributed by atoms with Gasteiger partial charge in [0.1, 0.15) is 12.1 Å². The van der Waals surface area contributed by atoms with E-state index in [2.05, 4.69) is 20.3 Å². The average Bonchev–Trinajstić information content (AvgIpc) is 3.15. The third kappa shape index (κ3) is 3.34. The van der Waals surface area contributed by atoms with Crippen LogP contribution in [0.4, 0.5) is 5.82 Å². The fourth-order valence-electron chi connectivity index (χ4n) is 2.54. The van der Waals surface area contributed by atoms with Gasteiger partial charge in [-0.2, -0.15) is 0 Å². The Morgan fingerprint density at radius 1 is 0.960 bits per heavy atom. The molecule has 4 rings (SSSR count). The SMILES string of the molecule is CNc1nc(SCc2coc(-c3ccccc3)n2)nc2ccccc12. The molecule has 0 radical (unpaired) electrons. The number of thioether (sulfide) groups is 1. The monoisotopic (exact) mass is 348 g/mol. The van der Waals surface area contributed by atoms with Crippen molar-refractivity contribution in [1.29, 1.82) is 0 Å². The largest absolute Gasteiger partial charge is 0.444 e. The molecule has 0 aliphatic rings. The molecule has 0 bridgehead atoms. The lowest BCUT2D eigenvalue weighted by molar-refractivity contribution is 0.573. The van der Waals surface area contributed by atoms with Crippen LogP contribution in [0.15, 0.2) is 70.4 Å². The highest BCUT2D eigenvalue weighted by Crippen LogP contribution is 2.27. The van der Waals surface area contributed by atoms with Gasteiger partial charge in [0.15, 0.2) is 5.16 Å². The van der Waals surface area contributed by atoms with Crippen molar-refractivity contribution in [2.75, 3.05) is 12.4 Å². The van der Waals surface area contributed by atoms with Gasteiger partial charge in [-0.05, 0) is 24.3 Å². The maximum Gasteiger partial charge on any atom is 0.226 e. The fourth-order valence-corrected chi connectivity index (χ4v) is 3.26. The minimum atomic E-state index is 0.631. The molecule has 2 aromatic carbocycles. The van der Waals surface area contributed by atoms with Crippen molar-refractivity contribution in [2.24, 2.45) is 0 Å². The van der Waals surface area contributed by atoms with Crippen molar-refractivity contribution in [1.82, 2.24) is 15.0 Å². The van der Waals surface area contributed by atoms with Crippen LogP contribution in [-0.4, -0.2) is 22.0 Å². The van der Waals surface area contributed by atoms with Gasteiger partial charge in [0, 0.05) is 23.8 Å². The van der Waals surface area contributed by atoms with Gasteiger partial charge in [-0.25, -0.2) is 15.0 Å². The van der Waals surface area contributed by atoms with E-state index in [0.29, 0.717) is 16.8 Å². The first-order valence-corrected chi connectivity index (χ1v) is 8.89. The normalized spacial score (nSPS) is 10.9. The van der Waals surface area contributed by atoms with E-state index in [9.17, 15) is 0 Å². The number of nitrogens with zero attached hydrogens (tertiary/aromatic N) is 3. The highest BCUT2D eigenvalue weighted by Gasteiger charge is 2.10. The van der Waals surface area contributed by atoms with Crippen LogP contribution >= 0.6 is 11.8 Å². The highest BCUT2D eigenvalue weighted by atomic mass is 32.2. The molecule has 0 aliphatic carbocycles. The van der Waals surface area contributed by atoms with Crippen LogP contribution < -0.4 is 5.32 Å². The summed E-state index contributed by atoms with van der Waals surface area (Å²) in [5.74, 6) is 2.11. The number of anilines is 1. The van der Waals surface area contributed by atoms with Gasteiger partial charge in [0.05, 0.1) is 11.2 Å². The number of nitrogens with one attached hydrogen (secondary N) is 1. The first-order valence-electron chi connectivity index (χ1n) is 7.90. The van der Waals surface area contributed by atoms with Crippen LogP contribution in [-0.2, 0) is 5.75 Å². The molecule has 0 spiro atoms. The lowest BCUT2D eigenvalue weighted by Crippen LogP contribution is -1.98. The Balaban J connectivity index is 1.54. The van der Waals surface area contributed by atoms with Crippen molar-refractivity contribution < 1.29 is 4.42 Å². The second kappa shape index (κ2) is 6.94. The number of hydrogen-bond acceptors (Lipinski definition) is 6. The molecule has 2 heterocycles. The first-order chi connectivity index (χ1) is 12.3. The summed E-state index contributed by atoms with van der Waals surface area (Å²) in [6.45, 7) is 0. The van der Waals surface area contributed by atoms with E-state index in [1.165, 1.54) is 0 Å². The summed E-state index contributed by atoms with van der Waals surface area (Å²) < 4.78 is 5.58. The molecule has 0 amide bonds. The molecule has 6 heteroatoms. The summed E-state index contributed by atoms with van der Waals surface area (Å²) in [5, 5.41) is 4.87. The van der Waals surface area contributed by atoms with E-state index in [4.69, 9.17) is 4.42 Å². The van der Waals surface area contributed by atoms with E-state index >= 15 is 0 Å². The molecule has 2 aromatic heterocycles. The maximum atomic E-state index is 5.58. The van der Waals surface area contributed by atoms with Crippen LogP contribution in [0.2, 0.25) is 0 Å². The van der Waals surface area contributed by atoms with Gasteiger partial charge in [0.2, 0.25) is 5.89 Å². The van der Waals surface area contributed by atoms with Gasteiger partial charge in [0.25, 0.3) is 0 Å². The summed E-state index contributed by atoms with van der Waals surface area (Å²) in [5.41, 5.74) is 2.76. The fraction of sp³-hybridized carbons (Fsp3) is 0.105. The smallest absolute Gasteiger partial charge is 0.226 e. The minimum Gasteiger partial charge on any atom is -0.444 e. The molecule has 0 fully saturated rings. The molecule has 1 N–H and O–H groups in total. The number of fused-ring (bicyclic) bond motifs is 1. The Morgan fingerprint density at radius 3 is 2.60 bits per heavy atom. The van der Waals surface area contributed by atoms with Gasteiger partial charge in [-0.15, -0.1) is 0 Å². The number of benzene rings is 2. The van der Waals surface area contributed by atoms with Crippen LogP contribution in [0.25, 0.3) is 22.4 Å². The molecule has 0 aliphatic heterocycles. The lowest BCUT2D eigenvalue weighted by Gasteiger charge is -2.06. The standard InChI is InChI=1S/C19H16N4OS/c1-20-17-15-9-5-6-10-16(15)22-19(23-17)25-12-14-11-24-18(21-14)13-7-3-2-4-8-13/h2-11H,12H2,1H3,(H,20,22,23). The zero-order valence-electron chi connectivity index (χ0n) is 13.6. The second-order valence-electron chi connectivity index (χ2n) is 5.42. The Kier molecular flexibility index (Phi) is 4.35. The molecular weight excluding hydrogens is 332 g/mol. The summed E-state index contributed by atoms with van der Waals surface area (Å²) in [7, 11) is 1.87. The molecule has 124 valence electrons. The van der Waals surface area contributed by atoms with E-state index in [-0.39, 0.29) is 0 Å². The topological polar surface area (TPSA) is 63.8 Å². The van der Waals surface area contributed by atoms with E-state index in [1.54, 1.807) is 18.0 Å². The quantitative estimate of drug-likeness (QED) is 0.419. The Bertz CT molecular complexity index is 1000. The zero-order chi connectivity index (χ0) is 17.1. The van der Waals surface area contributed by atoms with Crippen molar-refractivity contribution in [2.45, 2.75) is 10.9 Å². The zero-order valence-corrected chi connectivity index (χ0v) is 14.5. The third-order valence-corrected chi connectivity index (χ3v) is 4.62. The summed E-state index contributed by atoms with van der Waals surface area (Å²) in [4.78, 5) is 13.7. The summed E-state index contributed by atoms with van der Waals surface area (Å²) >= 11 is 1.54. The van der Waals surface area contributed by atoms with E-state index in [0.717, 1.165) is 28.0 Å². The first kappa shape index (κ1) is 15.7. The van der Waals surface area contributed by atoms with Crippen molar-refractivity contribution in [3.8, 4) is 11.5 Å². The Hall–Kier alpha value is -2.86. The molecule has 5 nitrogen and oxygen atoms in total. The molecule has 25 heavy (non-hydrogen) atoms. The molecular formula is C19H16N4OS. The van der Waals surface area contributed by atoms with Gasteiger partial charge >= 0.3 is 0 Å². The molecule has 0 atom stereocenters. The molecule has 4 aromatic rings. The predicted octanol–water partition coefficient (Wildman–Crippen LogP) is 4.62. The Labute approximate surface area is 149 Å². The highest BCUT2D eigenvalue weighted by molar-refractivity contribution is 7.98. The van der Waals surface area contributed by atoms with Gasteiger partial charge in [-0.3, -0.25) is 0 Å². The lowest BCUT2D eigenvalue weighted by atomic mass is 10.2. The summed E-state index contributed by atoms with van der Waals surface area (Å²) in [6.07, 6.45) is 1.69. The van der Waals surface area contributed by atoms with Gasteiger partial charge < -0.3 is 9.73 Å². The third-order valence-electron chi connectivity index (χ3n) is 3.74. The van der Waals surface area contributed by atoms with Crippen LogP contribution in [0.1, 0.15) is 5.69 Å². The number of para-hydroxylation sites is 1. The molecule has 0 saturated heterocycles. The van der Waals surface area contributed by atoms with E-state index < -0.39 is 0 Å². The van der Waals surface area contributed by atoms with Crippen molar-refractivity contribution >= 4 is 28.5 Å². The van der Waals surface area contributed by atoms with Crippen LogP contribution in [0.5, 0.6) is 0 Å². The van der Waals surface area contributed by atoms with Crippen LogP contribution in [0.3, 0.4) is 0 Å². The van der Waals surface area contributed by atoms with E-state index in [1.807, 2.05) is 61.6 Å². The second-order valence-corrected chi connectivity index (χ2v) is 6.36. The molecule has 0 unspecified atom stereocenters. The Morgan fingerprint density at radius 2 is 1.76 bits per heavy atom. The molecule has 0 saturated carbocycles. The number of oxazole rings is 1. The number of aromatic nitrogens is 3. The predicted molar refractivity (Wildman–Crippen MR) is 101 cm³/mol. The maximum absolute atomic E-state index is 5.58.